The Labute approximate surface area is 164 Å². The molecule has 0 aliphatic carbocycles. The van der Waals surface area contributed by atoms with Gasteiger partial charge < -0.3 is 20.1 Å². The first-order valence-electron chi connectivity index (χ1n) is 8.90. The maximum Gasteiger partial charge on any atom is 0.307 e. The SMILES string of the molecule is C.O=C(O)Cc1ccc2cc(OCCCCc3cccc(O)c3O)ccc2c1. The van der Waals surface area contributed by atoms with Gasteiger partial charge in [0.2, 0.25) is 0 Å². The highest BCUT2D eigenvalue weighted by molar-refractivity contribution is 5.85. The predicted octanol–water partition coefficient (Wildman–Crippen LogP) is 4.92. The summed E-state index contributed by atoms with van der Waals surface area (Å²) in [5, 5.41) is 30.2. The molecule has 28 heavy (non-hydrogen) atoms. The molecule has 148 valence electrons. The van der Waals surface area contributed by atoms with Crippen molar-refractivity contribution in [3.05, 3.63) is 65.7 Å². The van der Waals surface area contributed by atoms with Crippen LogP contribution in [0.3, 0.4) is 0 Å². The van der Waals surface area contributed by atoms with Crippen molar-refractivity contribution in [1.82, 2.24) is 0 Å². The van der Waals surface area contributed by atoms with Gasteiger partial charge in [0, 0.05) is 0 Å². The van der Waals surface area contributed by atoms with Gasteiger partial charge in [-0.15, -0.1) is 0 Å². The van der Waals surface area contributed by atoms with Gasteiger partial charge in [-0.25, -0.2) is 0 Å². The van der Waals surface area contributed by atoms with E-state index in [-0.39, 0.29) is 25.3 Å². The van der Waals surface area contributed by atoms with Crippen LogP contribution in [0.2, 0.25) is 0 Å². The number of phenolic OH excluding ortho intramolecular Hbond substituents is 2. The predicted molar refractivity (Wildman–Crippen MR) is 110 cm³/mol. The van der Waals surface area contributed by atoms with Gasteiger partial charge in [0.05, 0.1) is 13.0 Å². The second-order valence-electron chi connectivity index (χ2n) is 6.50. The minimum atomic E-state index is -0.840. The second-order valence-corrected chi connectivity index (χ2v) is 6.50. The quantitative estimate of drug-likeness (QED) is 0.380. The molecule has 0 amide bonds. The van der Waals surface area contributed by atoms with E-state index in [4.69, 9.17) is 9.84 Å². The van der Waals surface area contributed by atoms with Gasteiger partial charge in [-0.05, 0) is 59.4 Å². The van der Waals surface area contributed by atoms with E-state index in [1.807, 2.05) is 36.4 Å². The van der Waals surface area contributed by atoms with Crippen molar-refractivity contribution in [2.45, 2.75) is 33.1 Å². The number of carboxylic acids is 1. The smallest absolute Gasteiger partial charge is 0.307 e. The van der Waals surface area contributed by atoms with Crippen molar-refractivity contribution < 1.29 is 24.9 Å². The summed E-state index contributed by atoms with van der Waals surface area (Å²) < 4.78 is 5.79. The molecule has 3 rings (SSSR count). The van der Waals surface area contributed by atoms with Crippen LogP contribution >= 0.6 is 0 Å². The third kappa shape index (κ3) is 5.39. The van der Waals surface area contributed by atoms with Crippen molar-refractivity contribution in [2.24, 2.45) is 0 Å². The molecule has 0 saturated carbocycles. The zero-order valence-corrected chi connectivity index (χ0v) is 14.9. The van der Waals surface area contributed by atoms with Crippen LogP contribution in [0.5, 0.6) is 17.2 Å². The van der Waals surface area contributed by atoms with Crippen LogP contribution in [0.15, 0.2) is 54.6 Å². The Morgan fingerprint density at radius 3 is 2.46 bits per heavy atom. The molecule has 5 nitrogen and oxygen atoms in total. The molecule has 0 unspecified atom stereocenters. The fourth-order valence-electron chi connectivity index (χ4n) is 3.03. The van der Waals surface area contributed by atoms with Crippen molar-refractivity contribution in [2.75, 3.05) is 6.61 Å². The van der Waals surface area contributed by atoms with Crippen LogP contribution < -0.4 is 4.74 Å². The number of phenols is 2. The highest BCUT2D eigenvalue weighted by atomic mass is 16.5. The fourth-order valence-corrected chi connectivity index (χ4v) is 3.03. The summed E-state index contributed by atoms with van der Waals surface area (Å²) in [5.41, 5.74) is 1.51. The van der Waals surface area contributed by atoms with Gasteiger partial charge in [-0.2, -0.15) is 0 Å². The summed E-state index contributed by atoms with van der Waals surface area (Å²) in [6.45, 7) is 0.558. The minimum Gasteiger partial charge on any atom is -0.504 e. The second kappa shape index (κ2) is 9.65. The monoisotopic (exact) mass is 382 g/mol. The van der Waals surface area contributed by atoms with Crippen molar-refractivity contribution in [1.29, 1.82) is 0 Å². The van der Waals surface area contributed by atoms with Gasteiger partial charge in [-0.1, -0.05) is 43.8 Å². The van der Waals surface area contributed by atoms with Crippen molar-refractivity contribution in [3.8, 4) is 17.2 Å². The number of carbonyl (C=O) groups is 1. The lowest BCUT2D eigenvalue weighted by atomic mass is 10.0. The van der Waals surface area contributed by atoms with E-state index in [9.17, 15) is 15.0 Å². The minimum absolute atomic E-state index is 0. The first-order chi connectivity index (χ1) is 13.0. The van der Waals surface area contributed by atoms with Crippen LogP contribution in [0.1, 0.15) is 31.4 Å². The molecule has 0 radical (unpaired) electrons. The molecule has 0 atom stereocenters. The summed E-state index contributed by atoms with van der Waals surface area (Å²) in [6.07, 6.45) is 2.35. The van der Waals surface area contributed by atoms with E-state index in [0.29, 0.717) is 13.0 Å². The Hall–Kier alpha value is -3.21. The molecule has 3 aromatic carbocycles. The summed E-state index contributed by atoms with van der Waals surface area (Å²) in [7, 11) is 0. The molecule has 3 N–H and O–H groups in total. The van der Waals surface area contributed by atoms with Crippen LogP contribution in [-0.4, -0.2) is 27.9 Å². The summed E-state index contributed by atoms with van der Waals surface area (Å²) in [6, 6.07) is 16.4. The molecule has 0 spiro atoms. The van der Waals surface area contributed by atoms with Gasteiger partial charge in [0.1, 0.15) is 5.75 Å². The average Bonchev–Trinajstić information content (AvgIpc) is 2.64. The van der Waals surface area contributed by atoms with Gasteiger partial charge in [-0.3, -0.25) is 4.79 Å². The van der Waals surface area contributed by atoms with Crippen molar-refractivity contribution >= 4 is 16.7 Å². The maximum atomic E-state index is 10.8. The number of ether oxygens (including phenoxy) is 1. The number of unbranched alkanes of at least 4 members (excludes halogenated alkanes) is 1. The van der Waals surface area contributed by atoms with E-state index >= 15 is 0 Å². The van der Waals surface area contributed by atoms with Gasteiger partial charge >= 0.3 is 5.97 Å². The Balaban J connectivity index is 0.00000280. The summed E-state index contributed by atoms with van der Waals surface area (Å²) in [4.78, 5) is 10.8. The third-order valence-corrected chi connectivity index (χ3v) is 4.44. The number of carboxylic acid groups (broad SMARTS) is 1. The molecular weight excluding hydrogens is 356 g/mol. The molecule has 0 bridgehead atoms. The Bertz CT molecular complexity index is 949. The van der Waals surface area contributed by atoms with E-state index in [2.05, 4.69) is 0 Å². The standard InChI is InChI=1S/C22H22O5.CH4/c23-20-6-3-5-16(22(20)26)4-1-2-11-27-19-10-9-17-12-15(13-21(24)25)7-8-18(17)14-19;/h3,5-10,12,14,23,26H,1-2,4,11,13H2,(H,24,25);1H4. The lowest BCUT2D eigenvalue weighted by molar-refractivity contribution is -0.136. The topological polar surface area (TPSA) is 87.0 Å². The average molecular weight is 382 g/mol. The van der Waals surface area contributed by atoms with Gasteiger partial charge in [0.15, 0.2) is 11.5 Å². The van der Waals surface area contributed by atoms with Crippen LogP contribution in [0.4, 0.5) is 0 Å². The lowest BCUT2D eigenvalue weighted by Gasteiger charge is -2.09. The number of aryl methyl sites for hydroxylation is 1. The van der Waals surface area contributed by atoms with E-state index in [1.165, 1.54) is 6.07 Å². The molecule has 0 aliphatic rings. The largest absolute Gasteiger partial charge is 0.504 e. The lowest BCUT2D eigenvalue weighted by Crippen LogP contribution is -2.00. The molecule has 0 aromatic heterocycles. The van der Waals surface area contributed by atoms with E-state index in [1.54, 1.807) is 12.1 Å². The zero-order chi connectivity index (χ0) is 19.2. The van der Waals surface area contributed by atoms with Crippen LogP contribution in [0.25, 0.3) is 10.8 Å². The molecule has 0 saturated heterocycles. The maximum absolute atomic E-state index is 10.8. The Morgan fingerprint density at radius 1 is 0.929 bits per heavy atom. The number of benzene rings is 3. The summed E-state index contributed by atoms with van der Waals surface area (Å²) >= 11 is 0. The Morgan fingerprint density at radius 2 is 1.68 bits per heavy atom. The first-order valence-corrected chi connectivity index (χ1v) is 8.90. The number of aromatic hydroxyl groups is 2. The molecule has 0 aliphatic heterocycles. The number of hydrogen-bond acceptors (Lipinski definition) is 4. The number of fused-ring (bicyclic) bond motifs is 1. The molecule has 0 heterocycles. The Kier molecular flexibility index (Phi) is 7.27. The number of rotatable bonds is 8. The van der Waals surface area contributed by atoms with E-state index < -0.39 is 5.97 Å². The molecule has 0 fully saturated rings. The fraction of sp³-hybridized carbons (Fsp3) is 0.261. The van der Waals surface area contributed by atoms with Crippen LogP contribution in [-0.2, 0) is 17.6 Å². The van der Waals surface area contributed by atoms with E-state index in [0.717, 1.165) is 40.5 Å². The molecular formula is C23H26O5. The zero-order valence-electron chi connectivity index (χ0n) is 14.9. The molecule has 3 aromatic rings. The molecule has 5 heteroatoms. The number of para-hydroxylation sites is 1. The summed E-state index contributed by atoms with van der Waals surface area (Å²) in [5.74, 6) is -0.205. The number of hydrogen-bond donors (Lipinski definition) is 3. The normalized spacial score (nSPS) is 10.4. The first kappa shape index (κ1) is 21.1. The van der Waals surface area contributed by atoms with Crippen molar-refractivity contribution in [3.63, 3.8) is 0 Å². The van der Waals surface area contributed by atoms with Gasteiger partial charge in [0.25, 0.3) is 0 Å². The highest BCUT2D eigenvalue weighted by Crippen LogP contribution is 2.29. The highest BCUT2D eigenvalue weighted by Gasteiger charge is 2.06. The van der Waals surface area contributed by atoms with Crippen LogP contribution in [0, 0.1) is 0 Å². The number of aliphatic carboxylic acids is 1. The third-order valence-electron chi connectivity index (χ3n) is 4.44.